The molecule has 0 aromatic carbocycles. The first-order chi connectivity index (χ1) is 12.4. The normalized spacial score (nSPS) is 16.9. The number of hydrogen-bond donors (Lipinski definition) is 0. The van der Waals surface area contributed by atoms with Gasteiger partial charge in [-0.25, -0.2) is 9.80 Å². The fraction of sp³-hybridized carbons (Fsp3) is 0.647. The Labute approximate surface area is 151 Å². The summed E-state index contributed by atoms with van der Waals surface area (Å²) in [4.78, 5) is 30.3. The molecule has 0 aliphatic carbocycles. The minimum atomic E-state index is -0.333. The van der Waals surface area contributed by atoms with Gasteiger partial charge < -0.3 is 4.74 Å². The van der Waals surface area contributed by atoms with Gasteiger partial charge in [0.25, 0.3) is 5.56 Å². The molecule has 0 saturated carbocycles. The average Bonchev–Trinajstić information content (AvgIpc) is 3.03. The number of ether oxygens (including phenoxy) is 1. The van der Waals surface area contributed by atoms with E-state index in [2.05, 4.69) is 10.1 Å². The summed E-state index contributed by atoms with van der Waals surface area (Å²) in [6.07, 6.45) is 1.68. The largest absolute Gasteiger partial charge is 0.383 e. The number of hydrazone groups is 1. The van der Waals surface area contributed by atoms with Crippen LogP contribution in [-0.4, -0.2) is 44.7 Å². The fourth-order valence-corrected chi connectivity index (χ4v) is 3.22. The number of aromatic nitrogens is 4. The fourth-order valence-electron chi connectivity index (χ4n) is 3.22. The maximum absolute atomic E-state index is 13.1. The van der Waals surface area contributed by atoms with Crippen molar-refractivity contribution >= 4 is 22.8 Å². The van der Waals surface area contributed by atoms with Crippen molar-refractivity contribution in [2.24, 2.45) is 12.1 Å². The number of anilines is 1. The second-order valence-corrected chi connectivity index (χ2v) is 6.64. The van der Waals surface area contributed by atoms with Gasteiger partial charge in [-0.3, -0.25) is 18.5 Å². The van der Waals surface area contributed by atoms with E-state index in [1.807, 2.05) is 25.3 Å². The van der Waals surface area contributed by atoms with Crippen molar-refractivity contribution in [1.82, 2.24) is 18.7 Å². The quantitative estimate of drug-likeness (QED) is 0.768. The molecule has 0 spiro atoms. The van der Waals surface area contributed by atoms with Crippen LogP contribution in [0, 0.1) is 0 Å². The molecule has 1 aliphatic rings. The van der Waals surface area contributed by atoms with Gasteiger partial charge in [0.15, 0.2) is 11.2 Å². The van der Waals surface area contributed by atoms with E-state index >= 15 is 0 Å². The summed E-state index contributed by atoms with van der Waals surface area (Å²) in [5.74, 6) is 0.565. The van der Waals surface area contributed by atoms with Crippen LogP contribution in [0.15, 0.2) is 14.7 Å². The molecule has 1 aliphatic heterocycles. The maximum Gasteiger partial charge on any atom is 0.332 e. The van der Waals surface area contributed by atoms with Gasteiger partial charge in [0.2, 0.25) is 5.95 Å². The van der Waals surface area contributed by atoms with E-state index in [1.165, 1.54) is 9.13 Å². The number of methoxy groups -OCH3 is 1. The molecule has 9 heteroatoms. The van der Waals surface area contributed by atoms with Gasteiger partial charge in [-0.15, -0.1) is 0 Å². The van der Waals surface area contributed by atoms with Crippen LogP contribution in [0.25, 0.3) is 11.2 Å². The summed E-state index contributed by atoms with van der Waals surface area (Å²) in [6.45, 7) is 7.35. The van der Waals surface area contributed by atoms with Gasteiger partial charge in [0, 0.05) is 20.7 Å². The van der Waals surface area contributed by atoms with Crippen LogP contribution in [0.2, 0.25) is 0 Å². The molecule has 2 aromatic rings. The highest BCUT2D eigenvalue weighted by Crippen LogP contribution is 2.29. The Morgan fingerprint density at radius 3 is 2.62 bits per heavy atom. The smallest absolute Gasteiger partial charge is 0.332 e. The second kappa shape index (κ2) is 7.06. The first-order valence-electron chi connectivity index (χ1n) is 8.95. The Hall–Kier alpha value is -2.42. The highest BCUT2D eigenvalue weighted by molar-refractivity contribution is 5.91. The molecule has 3 rings (SSSR count). The topological polar surface area (TPSA) is 86.7 Å². The lowest BCUT2D eigenvalue weighted by Crippen LogP contribution is -2.40. The highest BCUT2D eigenvalue weighted by atomic mass is 16.5. The number of hydrogen-bond acceptors (Lipinski definition) is 6. The molecule has 0 radical (unpaired) electrons. The molecular formula is C17H26N6O3. The van der Waals surface area contributed by atoms with Crippen molar-refractivity contribution in [3.63, 3.8) is 0 Å². The summed E-state index contributed by atoms with van der Waals surface area (Å²) in [5.41, 5.74) is 1.09. The van der Waals surface area contributed by atoms with Crippen LogP contribution in [0.3, 0.4) is 0 Å². The summed E-state index contributed by atoms with van der Waals surface area (Å²) in [6, 6.07) is -0.112. The van der Waals surface area contributed by atoms with Crippen LogP contribution < -0.4 is 16.3 Å². The second-order valence-electron chi connectivity index (χ2n) is 6.64. The molecule has 0 fully saturated rings. The molecule has 9 nitrogen and oxygen atoms in total. The predicted octanol–water partition coefficient (Wildman–Crippen LogP) is 1.10. The minimum absolute atomic E-state index is 0.112. The van der Waals surface area contributed by atoms with Crippen LogP contribution in [-0.2, 0) is 18.3 Å². The van der Waals surface area contributed by atoms with Gasteiger partial charge in [0.05, 0.1) is 24.9 Å². The van der Waals surface area contributed by atoms with Crippen molar-refractivity contribution in [1.29, 1.82) is 0 Å². The van der Waals surface area contributed by atoms with Gasteiger partial charge >= 0.3 is 5.69 Å². The number of imidazole rings is 1. The third kappa shape index (κ3) is 2.76. The predicted molar refractivity (Wildman–Crippen MR) is 101 cm³/mol. The number of aryl methyl sites for hydroxylation is 1. The Balaban J connectivity index is 2.29. The number of unbranched alkanes of at least 4 members (excludes halogenated alkanes) is 1. The number of rotatable bonds is 6. The third-order valence-electron chi connectivity index (χ3n) is 4.90. The molecule has 3 heterocycles. The average molecular weight is 362 g/mol. The van der Waals surface area contributed by atoms with Crippen LogP contribution in [0.4, 0.5) is 5.95 Å². The van der Waals surface area contributed by atoms with E-state index in [9.17, 15) is 9.59 Å². The Bertz CT molecular complexity index is 968. The number of nitrogens with zero attached hydrogens (tertiary/aromatic N) is 6. The first-order valence-corrected chi connectivity index (χ1v) is 8.95. The first kappa shape index (κ1) is 18.4. The van der Waals surface area contributed by atoms with E-state index in [0.717, 1.165) is 18.6 Å². The zero-order valence-corrected chi connectivity index (χ0v) is 16.0. The zero-order chi connectivity index (χ0) is 19.0. The van der Waals surface area contributed by atoms with Crippen LogP contribution in [0.5, 0.6) is 0 Å². The van der Waals surface area contributed by atoms with Crippen molar-refractivity contribution in [2.75, 3.05) is 25.3 Å². The van der Waals surface area contributed by atoms with Crippen molar-refractivity contribution in [3.8, 4) is 0 Å². The molecule has 1 unspecified atom stereocenters. The van der Waals surface area contributed by atoms with E-state index in [4.69, 9.17) is 4.74 Å². The van der Waals surface area contributed by atoms with Crippen molar-refractivity contribution in [3.05, 3.63) is 20.8 Å². The highest BCUT2D eigenvalue weighted by Gasteiger charge is 2.30. The standard InChI is InChI=1S/C17H26N6O3/c1-6-7-8-21-15(24)13-14(20(4)17(21)25)18-16-22(9-10-26-5)19-11(2)12(3)23(13)16/h12H,6-10H2,1-5H3. The molecule has 0 amide bonds. The molecular weight excluding hydrogens is 336 g/mol. The molecule has 2 aromatic heterocycles. The Morgan fingerprint density at radius 1 is 1.23 bits per heavy atom. The Morgan fingerprint density at radius 2 is 1.96 bits per heavy atom. The summed E-state index contributed by atoms with van der Waals surface area (Å²) >= 11 is 0. The lowest BCUT2D eigenvalue weighted by Gasteiger charge is -2.28. The number of fused-ring (bicyclic) bond motifs is 3. The summed E-state index contributed by atoms with van der Waals surface area (Å²) < 4.78 is 9.81. The van der Waals surface area contributed by atoms with Crippen molar-refractivity contribution < 1.29 is 4.74 Å². The van der Waals surface area contributed by atoms with Crippen molar-refractivity contribution in [2.45, 2.75) is 46.2 Å². The van der Waals surface area contributed by atoms with Crippen LogP contribution in [0.1, 0.15) is 39.7 Å². The molecule has 0 N–H and O–H groups in total. The van der Waals surface area contributed by atoms with Gasteiger partial charge in [0.1, 0.15) is 0 Å². The summed E-state index contributed by atoms with van der Waals surface area (Å²) in [7, 11) is 3.28. The Kier molecular flexibility index (Phi) is 4.99. The molecule has 0 saturated heterocycles. The molecule has 26 heavy (non-hydrogen) atoms. The molecule has 0 bridgehead atoms. The third-order valence-corrected chi connectivity index (χ3v) is 4.90. The van der Waals surface area contributed by atoms with E-state index < -0.39 is 0 Å². The van der Waals surface area contributed by atoms with Gasteiger partial charge in [-0.2, -0.15) is 10.1 Å². The lowest BCUT2D eigenvalue weighted by molar-refractivity contribution is 0.204. The van der Waals surface area contributed by atoms with E-state index in [1.54, 1.807) is 19.2 Å². The SMILES string of the molecule is CCCCn1c(=O)c2c(nc3n2C(C)C(C)=NN3CCOC)n(C)c1=O. The minimum Gasteiger partial charge on any atom is -0.383 e. The van der Waals surface area contributed by atoms with E-state index in [-0.39, 0.29) is 17.3 Å². The molecule has 142 valence electrons. The molecule has 1 atom stereocenters. The summed E-state index contributed by atoms with van der Waals surface area (Å²) in [5, 5.41) is 6.32. The zero-order valence-electron chi connectivity index (χ0n) is 16.0. The maximum atomic E-state index is 13.1. The monoisotopic (exact) mass is 362 g/mol. The van der Waals surface area contributed by atoms with Gasteiger partial charge in [-0.1, -0.05) is 13.3 Å². The van der Waals surface area contributed by atoms with Gasteiger partial charge in [-0.05, 0) is 20.3 Å². The lowest BCUT2D eigenvalue weighted by atomic mass is 10.2. The van der Waals surface area contributed by atoms with E-state index in [0.29, 0.717) is 36.8 Å². The van der Waals surface area contributed by atoms with Crippen LogP contribution >= 0.6 is 0 Å².